The van der Waals surface area contributed by atoms with Gasteiger partial charge in [-0.3, -0.25) is 19.3 Å². The topological polar surface area (TPSA) is 119 Å². The Morgan fingerprint density at radius 2 is 1.74 bits per heavy atom. The molecular formula is C35H44N4O7. The monoisotopic (exact) mass is 632 g/mol. The van der Waals surface area contributed by atoms with Crippen molar-refractivity contribution in [2.75, 3.05) is 52.6 Å². The van der Waals surface area contributed by atoms with Gasteiger partial charge in [-0.15, -0.1) is 0 Å². The number of amides is 3. The molecule has 2 saturated heterocycles. The first-order valence-electron chi connectivity index (χ1n) is 16.8. The molecule has 2 aliphatic carbocycles. The zero-order chi connectivity index (χ0) is 31.5. The zero-order valence-electron chi connectivity index (χ0n) is 26.3. The third kappa shape index (κ3) is 6.95. The van der Waals surface area contributed by atoms with Gasteiger partial charge in [-0.2, -0.15) is 0 Å². The fraction of sp³-hybridized carbons (Fsp3) is 0.571. The van der Waals surface area contributed by atoms with Crippen molar-refractivity contribution < 1.29 is 33.3 Å². The van der Waals surface area contributed by atoms with Gasteiger partial charge in [-0.05, 0) is 61.4 Å². The smallest absolute Gasteiger partial charge is 0.258 e. The second-order valence-electron chi connectivity index (χ2n) is 13.3. The van der Waals surface area contributed by atoms with Crippen LogP contribution in [-0.2, 0) is 20.9 Å². The van der Waals surface area contributed by atoms with E-state index in [1.807, 2.05) is 29.2 Å². The zero-order valence-corrected chi connectivity index (χ0v) is 26.3. The number of nitrogens with one attached hydrogen (secondary N) is 2. The first-order valence-corrected chi connectivity index (χ1v) is 16.8. The average molecular weight is 633 g/mol. The highest BCUT2D eigenvalue weighted by molar-refractivity contribution is 5.95. The molecule has 46 heavy (non-hydrogen) atoms. The molecule has 8 rings (SSSR count). The molecule has 2 aromatic carbocycles. The maximum Gasteiger partial charge on any atom is 0.258 e. The maximum absolute atomic E-state index is 14.5. The van der Waals surface area contributed by atoms with E-state index < -0.39 is 17.7 Å². The van der Waals surface area contributed by atoms with Crippen molar-refractivity contribution in [2.24, 2.45) is 5.92 Å². The quantitative estimate of drug-likeness (QED) is 0.517. The van der Waals surface area contributed by atoms with Crippen LogP contribution in [0.5, 0.6) is 17.2 Å². The van der Waals surface area contributed by atoms with Gasteiger partial charge in [0.1, 0.15) is 28.9 Å². The van der Waals surface area contributed by atoms with E-state index in [0.717, 1.165) is 63.6 Å². The Balaban J connectivity index is 1.17. The number of hydrogen-bond acceptors (Lipinski definition) is 8. The van der Waals surface area contributed by atoms with Gasteiger partial charge in [0.25, 0.3) is 11.8 Å². The highest BCUT2D eigenvalue weighted by Gasteiger charge is 2.50. The molecule has 246 valence electrons. The second-order valence-corrected chi connectivity index (χ2v) is 13.3. The predicted octanol–water partition coefficient (Wildman–Crippen LogP) is 2.91. The van der Waals surface area contributed by atoms with Crippen LogP contribution in [0.4, 0.5) is 0 Å². The van der Waals surface area contributed by atoms with E-state index in [1.54, 1.807) is 18.2 Å². The summed E-state index contributed by atoms with van der Waals surface area (Å²) in [5, 5.41) is 6.06. The van der Waals surface area contributed by atoms with E-state index in [0.29, 0.717) is 68.2 Å². The number of rotatable bonds is 5. The van der Waals surface area contributed by atoms with E-state index in [1.165, 1.54) is 0 Å². The fourth-order valence-electron chi connectivity index (χ4n) is 7.17. The summed E-state index contributed by atoms with van der Waals surface area (Å²) >= 11 is 0. The lowest BCUT2D eigenvalue weighted by atomic mass is 9.78. The van der Waals surface area contributed by atoms with Gasteiger partial charge in [0.2, 0.25) is 5.91 Å². The molecule has 4 bridgehead atoms. The van der Waals surface area contributed by atoms with Crippen LogP contribution in [0.25, 0.3) is 0 Å². The Morgan fingerprint density at radius 1 is 0.957 bits per heavy atom. The number of carbonyl (C=O) groups excluding carboxylic acids is 3. The molecule has 4 heterocycles. The molecule has 2 saturated carbocycles. The van der Waals surface area contributed by atoms with Crippen LogP contribution >= 0.6 is 0 Å². The fourth-order valence-corrected chi connectivity index (χ4v) is 7.17. The molecule has 11 nitrogen and oxygen atoms in total. The van der Waals surface area contributed by atoms with Gasteiger partial charge in [0.15, 0.2) is 6.61 Å². The van der Waals surface area contributed by atoms with Crippen molar-refractivity contribution in [3.63, 3.8) is 0 Å². The highest BCUT2D eigenvalue weighted by atomic mass is 16.5. The van der Waals surface area contributed by atoms with Crippen LogP contribution in [0, 0.1) is 5.92 Å². The van der Waals surface area contributed by atoms with Crippen LogP contribution in [-0.4, -0.2) is 97.8 Å². The SMILES string of the molecule is O=C1COc2cc(OCC3CC3)cc(c2)C(=O)N[C@H]2CN(C(=O)C3(N4CCOCC4)CCCCC3)C[C@@H]2Oc2ccc(cc2)CN1. The number of morpholine rings is 1. The van der Waals surface area contributed by atoms with Crippen molar-refractivity contribution in [2.45, 2.75) is 69.2 Å². The summed E-state index contributed by atoms with van der Waals surface area (Å²) in [6, 6.07) is 12.1. The number of hydrogen-bond donors (Lipinski definition) is 2. The summed E-state index contributed by atoms with van der Waals surface area (Å²) < 4.78 is 24.0. The Morgan fingerprint density at radius 3 is 2.50 bits per heavy atom. The van der Waals surface area contributed by atoms with E-state index in [-0.39, 0.29) is 24.3 Å². The molecule has 2 aromatic rings. The molecule has 0 spiro atoms. The van der Waals surface area contributed by atoms with Crippen molar-refractivity contribution in [3.05, 3.63) is 53.6 Å². The number of nitrogens with zero attached hydrogens (tertiary/aromatic N) is 2. The third-order valence-electron chi connectivity index (χ3n) is 9.96. The number of benzene rings is 2. The highest BCUT2D eigenvalue weighted by Crippen LogP contribution is 2.37. The van der Waals surface area contributed by atoms with Gasteiger partial charge < -0.3 is 34.5 Å². The van der Waals surface area contributed by atoms with Crippen LogP contribution < -0.4 is 24.8 Å². The molecule has 2 atom stereocenters. The van der Waals surface area contributed by atoms with Gasteiger partial charge in [0.05, 0.1) is 32.4 Å². The van der Waals surface area contributed by atoms with E-state index >= 15 is 0 Å². The van der Waals surface area contributed by atoms with Crippen LogP contribution in [0.15, 0.2) is 42.5 Å². The third-order valence-corrected chi connectivity index (χ3v) is 9.96. The average Bonchev–Trinajstić information content (AvgIpc) is 3.85. The van der Waals surface area contributed by atoms with Gasteiger partial charge >= 0.3 is 0 Å². The van der Waals surface area contributed by atoms with Crippen molar-refractivity contribution in [1.82, 2.24) is 20.4 Å². The molecule has 4 fully saturated rings. The molecule has 6 aliphatic rings. The lowest BCUT2D eigenvalue weighted by Crippen LogP contribution is -2.63. The molecule has 0 radical (unpaired) electrons. The summed E-state index contributed by atoms with van der Waals surface area (Å²) in [5.41, 5.74) is 0.725. The number of likely N-dealkylation sites (tertiary alicyclic amines) is 1. The van der Waals surface area contributed by atoms with E-state index in [4.69, 9.17) is 18.9 Å². The molecule has 2 N–H and O–H groups in total. The summed E-state index contributed by atoms with van der Waals surface area (Å²) in [5.74, 6) is 1.60. The summed E-state index contributed by atoms with van der Waals surface area (Å²) in [6.45, 7) is 4.19. The van der Waals surface area contributed by atoms with Crippen LogP contribution in [0.2, 0.25) is 0 Å². The minimum atomic E-state index is -0.551. The Bertz CT molecular complexity index is 1420. The Labute approximate surface area is 269 Å². The van der Waals surface area contributed by atoms with E-state index in [2.05, 4.69) is 15.5 Å². The summed E-state index contributed by atoms with van der Waals surface area (Å²) in [6.07, 6.45) is 6.66. The molecule has 0 unspecified atom stereocenters. The Kier molecular flexibility index (Phi) is 9.04. The first kappa shape index (κ1) is 30.8. The number of ether oxygens (including phenoxy) is 4. The lowest BCUT2D eigenvalue weighted by molar-refractivity contribution is -0.150. The summed E-state index contributed by atoms with van der Waals surface area (Å²) in [4.78, 5) is 45.2. The van der Waals surface area contributed by atoms with Gasteiger partial charge in [0, 0.05) is 37.8 Å². The maximum atomic E-state index is 14.5. The molecule has 11 heteroatoms. The van der Waals surface area contributed by atoms with Gasteiger partial charge in [-0.25, -0.2) is 0 Å². The largest absolute Gasteiger partial charge is 0.493 e. The normalized spacial score (nSPS) is 25.3. The molecule has 3 amide bonds. The minimum Gasteiger partial charge on any atom is -0.493 e. The Hall–Kier alpha value is -3.83. The van der Waals surface area contributed by atoms with Crippen LogP contribution in [0.1, 0.15) is 60.9 Å². The minimum absolute atomic E-state index is 0.124. The van der Waals surface area contributed by atoms with E-state index in [9.17, 15) is 14.4 Å². The van der Waals surface area contributed by atoms with Crippen molar-refractivity contribution >= 4 is 17.7 Å². The second kappa shape index (κ2) is 13.5. The number of carbonyl (C=O) groups is 3. The van der Waals surface area contributed by atoms with Crippen LogP contribution in [0.3, 0.4) is 0 Å². The molecule has 4 aliphatic heterocycles. The first-order chi connectivity index (χ1) is 22.4. The number of fused-ring (bicyclic) bond motifs is 7. The van der Waals surface area contributed by atoms with Crippen molar-refractivity contribution in [1.29, 1.82) is 0 Å². The standard InChI is InChI=1S/C35H44N4O7/c40-32-23-45-29-17-26(16-28(18-29)44-22-25-4-5-25)33(41)37-30-20-38(21-31(30)46-27-8-6-24(7-9-27)19-36-32)34(42)35(10-2-1-3-11-35)39-12-14-43-15-13-39/h6-9,16-18,25,30-31H,1-5,10-15,19-23H2,(H,36,40)(H,37,41)/t30-,31-/m0/s1. The predicted molar refractivity (Wildman–Crippen MR) is 169 cm³/mol. The molecule has 0 aromatic heterocycles. The molecular weight excluding hydrogens is 588 g/mol. The lowest BCUT2D eigenvalue weighted by Gasteiger charge is -2.48. The summed E-state index contributed by atoms with van der Waals surface area (Å²) in [7, 11) is 0. The van der Waals surface area contributed by atoms with Gasteiger partial charge in [-0.1, -0.05) is 31.4 Å². The van der Waals surface area contributed by atoms with Crippen molar-refractivity contribution in [3.8, 4) is 17.2 Å².